The van der Waals surface area contributed by atoms with Crippen LogP contribution >= 0.6 is 0 Å². The van der Waals surface area contributed by atoms with Gasteiger partial charge in [0.25, 0.3) is 0 Å². The van der Waals surface area contributed by atoms with Crippen molar-refractivity contribution in [3.63, 3.8) is 0 Å². The van der Waals surface area contributed by atoms with E-state index in [9.17, 15) is 0 Å². The van der Waals surface area contributed by atoms with Gasteiger partial charge in [-0.2, -0.15) is 0 Å². The predicted octanol–water partition coefficient (Wildman–Crippen LogP) is 4.41. The Morgan fingerprint density at radius 3 is 2.95 bits per heavy atom. The molecule has 1 atom stereocenters. The summed E-state index contributed by atoms with van der Waals surface area (Å²) in [5.74, 6) is 0.745. The number of nitrogens with zero attached hydrogens (tertiary/aromatic N) is 1. The molecule has 1 aliphatic carbocycles. The van der Waals surface area contributed by atoms with Crippen LogP contribution in [0.5, 0.6) is 5.88 Å². The summed E-state index contributed by atoms with van der Waals surface area (Å²) in [5.41, 5.74) is 2.68. The first kappa shape index (κ1) is 16.0. The zero-order valence-corrected chi connectivity index (χ0v) is 13.4. The van der Waals surface area contributed by atoms with Gasteiger partial charge < -0.3 is 10.1 Å². The number of ether oxygens (including phenoxy) is 1. The van der Waals surface area contributed by atoms with Gasteiger partial charge in [0.05, 0.1) is 13.2 Å². The van der Waals surface area contributed by atoms with Crippen LogP contribution in [0, 0.1) is 0 Å². The van der Waals surface area contributed by atoms with Crippen LogP contribution in [0.25, 0.3) is 0 Å². The van der Waals surface area contributed by atoms with Gasteiger partial charge in [0.2, 0.25) is 5.88 Å². The van der Waals surface area contributed by atoms with Crippen LogP contribution < -0.4 is 10.1 Å². The molecule has 0 fully saturated rings. The molecule has 116 valence electrons. The summed E-state index contributed by atoms with van der Waals surface area (Å²) < 4.78 is 5.47. The van der Waals surface area contributed by atoms with Crippen molar-refractivity contribution in [3.05, 3.63) is 35.5 Å². The lowest BCUT2D eigenvalue weighted by molar-refractivity contribution is 0.385. The Kier molecular flexibility index (Phi) is 6.74. The fraction of sp³-hybridized carbons (Fsp3) is 0.611. The predicted molar refractivity (Wildman–Crippen MR) is 87.6 cm³/mol. The normalized spacial score (nSPS) is 20.0. The summed E-state index contributed by atoms with van der Waals surface area (Å²) in [7, 11) is 1.70. The standard InChI is InChI=1S/C18H28N2O/c1-3-13-19-17(15-10-7-5-4-6-8-11-15)16-12-9-14-20-18(16)21-2/h9-10,12,14,17,19H,3-8,11,13H2,1-2H3/b15-10+. The molecule has 1 heterocycles. The maximum atomic E-state index is 5.47. The lowest BCUT2D eigenvalue weighted by atomic mass is 9.91. The Hall–Kier alpha value is -1.35. The molecule has 1 N–H and O–H groups in total. The monoisotopic (exact) mass is 288 g/mol. The number of allylic oxidation sites excluding steroid dienone is 1. The SMILES string of the molecule is CCCNC(/C1=C/CCCCCC1)c1cccnc1OC. The number of rotatable bonds is 6. The molecular weight excluding hydrogens is 260 g/mol. The lowest BCUT2D eigenvalue weighted by Crippen LogP contribution is -2.25. The summed E-state index contributed by atoms with van der Waals surface area (Å²) in [6.45, 7) is 3.22. The van der Waals surface area contributed by atoms with Crippen molar-refractivity contribution in [1.29, 1.82) is 0 Å². The van der Waals surface area contributed by atoms with Crippen molar-refractivity contribution in [2.45, 2.75) is 57.9 Å². The van der Waals surface area contributed by atoms with E-state index in [0.29, 0.717) is 0 Å². The van der Waals surface area contributed by atoms with Crippen molar-refractivity contribution in [2.75, 3.05) is 13.7 Å². The molecule has 0 aromatic carbocycles. The molecule has 0 saturated heterocycles. The van der Waals surface area contributed by atoms with Crippen LogP contribution in [0.2, 0.25) is 0 Å². The molecule has 0 bridgehead atoms. The molecule has 0 amide bonds. The maximum Gasteiger partial charge on any atom is 0.218 e. The molecule has 1 aromatic rings. The molecule has 21 heavy (non-hydrogen) atoms. The molecule has 3 heteroatoms. The third-order valence-corrected chi connectivity index (χ3v) is 4.10. The first-order chi connectivity index (χ1) is 10.4. The van der Waals surface area contributed by atoms with E-state index in [-0.39, 0.29) is 6.04 Å². The van der Waals surface area contributed by atoms with E-state index >= 15 is 0 Å². The Labute approximate surface area is 128 Å². The van der Waals surface area contributed by atoms with E-state index in [2.05, 4.69) is 29.4 Å². The van der Waals surface area contributed by atoms with Crippen LogP contribution in [0.4, 0.5) is 0 Å². The van der Waals surface area contributed by atoms with E-state index < -0.39 is 0 Å². The first-order valence-corrected chi connectivity index (χ1v) is 8.28. The minimum Gasteiger partial charge on any atom is -0.481 e. The molecule has 0 spiro atoms. The highest BCUT2D eigenvalue weighted by Gasteiger charge is 2.20. The molecule has 2 rings (SSSR count). The molecule has 0 saturated carbocycles. The third-order valence-electron chi connectivity index (χ3n) is 4.10. The average molecular weight is 288 g/mol. The van der Waals surface area contributed by atoms with Gasteiger partial charge in [-0.3, -0.25) is 0 Å². The average Bonchev–Trinajstić information content (AvgIpc) is 2.49. The molecular formula is C18H28N2O. The minimum atomic E-state index is 0.242. The number of methoxy groups -OCH3 is 1. The zero-order chi connectivity index (χ0) is 14.9. The van der Waals surface area contributed by atoms with Crippen molar-refractivity contribution in [3.8, 4) is 5.88 Å². The summed E-state index contributed by atoms with van der Waals surface area (Å²) >= 11 is 0. The van der Waals surface area contributed by atoms with E-state index in [1.54, 1.807) is 13.3 Å². The highest BCUT2D eigenvalue weighted by molar-refractivity contribution is 5.35. The van der Waals surface area contributed by atoms with E-state index in [1.807, 2.05) is 6.07 Å². The topological polar surface area (TPSA) is 34.2 Å². The number of nitrogens with one attached hydrogen (secondary N) is 1. The van der Waals surface area contributed by atoms with Gasteiger partial charge in [-0.1, -0.05) is 37.5 Å². The maximum absolute atomic E-state index is 5.47. The Morgan fingerprint density at radius 2 is 2.14 bits per heavy atom. The second kappa shape index (κ2) is 8.83. The van der Waals surface area contributed by atoms with Crippen molar-refractivity contribution in [1.82, 2.24) is 10.3 Å². The van der Waals surface area contributed by atoms with Crippen LogP contribution in [-0.2, 0) is 0 Å². The highest BCUT2D eigenvalue weighted by atomic mass is 16.5. The van der Waals surface area contributed by atoms with Crippen molar-refractivity contribution >= 4 is 0 Å². The second-order valence-electron chi connectivity index (χ2n) is 5.72. The summed E-state index contributed by atoms with van der Waals surface area (Å²) in [5, 5.41) is 3.69. The fourth-order valence-electron chi connectivity index (χ4n) is 3.00. The Balaban J connectivity index is 2.27. The van der Waals surface area contributed by atoms with Gasteiger partial charge in [0.1, 0.15) is 0 Å². The van der Waals surface area contributed by atoms with Gasteiger partial charge in [0.15, 0.2) is 0 Å². The van der Waals surface area contributed by atoms with Crippen LogP contribution in [0.3, 0.4) is 0 Å². The van der Waals surface area contributed by atoms with Crippen LogP contribution in [-0.4, -0.2) is 18.6 Å². The quantitative estimate of drug-likeness (QED) is 0.787. The Morgan fingerprint density at radius 1 is 1.29 bits per heavy atom. The molecule has 1 aromatic heterocycles. The van der Waals surface area contributed by atoms with Gasteiger partial charge in [-0.25, -0.2) is 4.98 Å². The van der Waals surface area contributed by atoms with Crippen LogP contribution in [0.1, 0.15) is 63.5 Å². The smallest absolute Gasteiger partial charge is 0.218 e. The summed E-state index contributed by atoms with van der Waals surface area (Å²) in [6, 6.07) is 4.38. The van der Waals surface area contributed by atoms with E-state index in [4.69, 9.17) is 4.74 Å². The molecule has 0 radical (unpaired) electrons. The largest absolute Gasteiger partial charge is 0.481 e. The summed E-state index contributed by atoms with van der Waals surface area (Å²) in [4.78, 5) is 4.37. The molecule has 0 aliphatic heterocycles. The molecule has 3 nitrogen and oxygen atoms in total. The molecule has 1 unspecified atom stereocenters. The number of hydrogen-bond acceptors (Lipinski definition) is 3. The van der Waals surface area contributed by atoms with E-state index in [1.165, 1.54) is 49.7 Å². The summed E-state index contributed by atoms with van der Waals surface area (Å²) in [6.07, 6.45) is 13.1. The minimum absolute atomic E-state index is 0.242. The second-order valence-corrected chi connectivity index (χ2v) is 5.72. The van der Waals surface area contributed by atoms with Crippen molar-refractivity contribution < 1.29 is 4.74 Å². The first-order valence-electron chi connectivity index (χ1n) is 8.28. The fourth-order valence-corrected chi connectivity index (χ4v) is 3.00. The van der Waals surface area contributed by atoms with Gasteiger partial charge in [-0.05, 0) is 44.7 Å². The third kappa shape index (κ3) is 4.57. The van der Waals surface area contributed by atoms with E-state index in [0.717, 1.165) is 18.8 Å². The number of aromatic nitrogens is 1. The highest BCUT2D eigenvalue weighted by Crippen LogP contribution is 2.32. The lowest BCUT2D eigenvalue weighted by Gasteiger charge is -2.25. The number of pyridine rings is 1. The molecule has 1 aliphatic rings. The Bertz CT molecular complexity index is 456. The van der Waals surface area contributed by atoms with Gasteiger partial charge in [-0.15, -0.1) is 0 Å². The van der Waals surface area contributed by atoms with Gasteiger partial charge in [0, 0.05) is 11.8 Å². The van der Waals surface area contributed by atoms with Crippen LogP contribution in [0.15, 0.2) is 30.0 Å². The van der Waals surface area contributed by atoms with Crippen molar-refractivity contribution in [2.24, 2.45) is 0 Å². The number of hydrogen-bond donors (Lipinski definition) is 1. The van der Waals surface area contributed by atoms with Gasteiger partial charge >= 0.3 is 0 Å². The zero-order valence-electron chi connectivity index (χ0n) is 13.4.